The summed E-state index contributed by atoms with van der Waals surface area (Å²) in [5.41, 5.74) is 5.77. The van der Waals surface area contributed by atoms with Gasteiger partial charge in [0.1, 0.15) is 5.82 Å². The molecule has 0 radical (unpaired) electrons. The van der Waals surface area contributed by atoms with Gasteiger partial charge >= 0.3 is 0 Å². The molecule has 8 nitrogen and oxygen atoms in total. The van der Waals surface area contributed by atoms with Gasteiger partial charge in [-0.05, 0) is 37.1 Å². The van der Waals surface area contributed by atoms with E-state index in [0.29, 0.717) is 12.2 Å². The Morgan fingerprint density at radius 3 is 2.72 bits per heavy atom. The minimum Gasteiger partial charge on any atom is -0.350 e. The summed E-state index contributed by atoms with van der Waals surface area (Å²) in [5.74, 6) is 1.77. The molecule has 0 atom stereocenters. The van der Waals surface area contributed by atoms with Crippen molar-refractivity contribution in [2.75, 3.05) is 11.4 Å². The first kappa shape index (κ1) is 17.5. The fourth-order valence-corrected chi connectivity index (χ4v) is 3.88. The minimum absolute atomic E-state index is 0.177. The lowest BCUT2D eigenvalue weighted by molar-refractivity contribution is 0.685. The first-order valence-electron chi connectivity index (χ1n) is 9.58. The van der Waals surface area contributed by atoms with Crippen molar-refractivity contribution in [2.45, 2.75) is 26.8 Å². The molecule has 5 heterocycles. The third-order valence-electron chi connectivity index (χ3n) is 5.60. The molecule has 1 aliphatic heterocycles. The van der Waals surface area contributed by atoms with Crippen molar-refractivity contribution in [3.05, 3.63) is 69.8 Å². The van der Waals surface area contributed by atoms with Crippen molar-refractivity contribution in [1.82, 2.24) is 29.1 Å². The SMILES string of the molecule is Cc1cc2nccc(=O)n2nc1N1CCc2ncc(-c3cnc(C)n3C)cc2C1. The summed E-state index contributed by atoms with van der Waals surface area (Å²) in [6.45, 7) is 5.49. The van der Waals surface area contributed by atoms with Crippen molar-refractivity contribution >= 4 is 11.5 Å². The van der Waals surface area contributed by atoms with E-state index in [1.807, 2.05) is 39.4 Å². The van der Waals surface area contributed by atoms with E-state index in [4.69, 9.17) is 4.98 Å². The van der Waals surface area contributed by atoms with Gasteiger partial charge in [-0.1, -0.05) is 0 Å². The number of fused-ring (bicyclic) bond motifs is 2. The number of hydrogen-bond donors (Lipinski definition) is 0. The smallest absolute Gasteiger partial charge is 0.274 e. The fourth-order valence-electron chi connectivity index (χ4n) is 3.88. The molecule has 0 spiro atoms. The zero-order valence-corrected chi connectivity index (χ0v) is 16.6. The number of aromatic nitrogens is 6. The van der Waals surface area contributed by atoms with E-state index in [-0.39, 0.29) is 5.56 Å². The van der Waals surface area contributed by atoms with E-state index in [2.05, 4.69) is 30.6 Å². The molecular formula is C21H21N7O. The Balaban J connectivity index is 1.54. The largest absolute Gasteiger partial charge is 0.350 e. The van der Waals surface area contributed by atoms with Crippen LogP contribution in [0.4, 0.5) is 5.82 Å². The van der Waals surface area contributed by atoms with Crippen LogP contribution in [0, 0.1) is 13.8 Å². The molecule has 0 N–H and O–H groups in total. The van der Waals surface area contributed by atoms with Crippen molar-refractivity contribution in [3.8, 4) is 11.3 Å². The molecule has 0 saturated carbocycles. The van der Waals surface area contributed by atoms with E-state index in [9.17, 15) is 4.79 Å². The van der Waals surface area contributed by atoms with Crippen molar-refractivity contribution < 1.29 is 0 Å². The zero-order valence-electron chi connectivity index (χ0n) is 16.6. The molecule has 1 aliphatic rings. The van der Waals surface area contributed by atoms with Gasteiger partial charge in [-0.2, -0.15) is 4.52 Å². The number of pyridine rings is 1. The Kier molecular flexibility index (Phi) is 3.94. The Morgan fingerprint density at radius 2 is 1.93 bits per heavy atom. The Bertz CT molecular complexity index is 1300. The van der Waals surface area contributed by atoms with Crippen LogP contribution in [0.25, 0.3) is 16.9 Å². The molecule has 8 heteroatoms. The number of rotatable bonds is 2. The van der Waals surface area contributed by atoms with Crippen LogP contribution in [0.3, 0.4) is 0 Å². The molecule has 0 unspecified atom stereocenters. The van der Waals surface area contributed by atoms with Gasteiger partial charge < -0.3 is 9.47 Å². The number of aryl methyl sites for hydroxylation is 2. The van der Waals surface area contributed by atoms with Gasteiger partial charge in [0.15, 0.2) is 11.5 Å². The molecule has 0 fully saturated rings. The van der Waals surface area contributed by atoms with Crippen LogP contribution in [0.5, 0.6) is 0 Å². The van der Waals surface area contributed by atoms with Crippen LogP contribution in [0.15, 0.2) is 41.6 Å². The predicted octanol–water partition coefficient (Wildman–Crippen LogP) is 2.06. The van der Waals surface area contributed by atoms with E-state index >= 15 is 0 Å². The first-order valence-corrected chi connectivity index (χ1v) is 9.58. The standard InChI is InChI=1S/C21H21N7O/c1-13-8-19-22-6-4-20(29)28(19)25-21(13)27-7-5-17-16(12-27)9-15(10-24-17)18-11-23-14(2)26(18)3/h4,6,8-11H,5,7,12H2,1-3H3. The molecule has 0 aliphatic carbocycles. The van der Waals surface area contributed by atoms with Crippen LogP contribution in [0.2, 0.25) is 0 Å². The molecule has 4 aromatic rings. The minimum atomic E-state index is -0.177. The molecule has 0 saturated heterocycles. The number of nitrogens with zero attached hydrogens (tertiary/aromatic N) is 7. The van der Waals surface area contributed by atoms with Crippen LogP contribution < -0.4 is 10.5 Å². The summed E-state index contributed by atoms with van der Waals surface area (Å²) in [6.07, 6.45) is 6.16. The van der Waals surface area contributed by atoms with Gasteiger partial charge in [0.25, 0.3) is 5.56 Å². The van der Waals surface area contributed by atoms with E-state index in [1.165, 1.54) is 22.3 Å². The molecular weight excluding hydrogens is 366 g/mol. The highest BCUT2D eigenvalue weighted by atomic mass is 16.1. The maximum atomic E-state index is 12.2. The first-order chi connectivity index (χ1) is 14.0. The van der Waals surface area contributed by atoms with Gasteiger partial charge in [-0.15, -0.1) is 5.10 Å². The normalized spacial score (nSPS) is 13.7. The second-order valence-corrected chi connectivity index (χ2v) is 7.46. The predicted molar refractivity (Wildman–Crippen MR) is 110 cm³/mol. The monoisotopic (exact) mass is 387 g/mol. The summed E-state index contributed by atoms with van der Waals surface area (Å²) >= 11 is 0. The van der Waals surface area contributed by atoms with Gasteiger partial charge in [0, 0.05) is 56.3 Å². The van der Waals surface area contributed by atoms with Gasteiger partial charge in [-0.25, -0.2) is 9.97 Å². The summed E-state index contributed by atoms with van der Waals surface area (Å²) in [5, 5.41) is 4.60. The summed E-state index contributed by atoms with van der Waals surface area (Å²) < 4.78 is 3.43. The molecule has 0 aromatic carbocycles. The highest BCUT2D eigenvalue weighted by Gasteiger charge is 2.22. The van der Waals surface area contributed by atoms with E-state index < -0.39 is 0 Å². The number of imidazole rings is 1. The number of hydrogen-bond acceptors (Lipinski definition) is 6. The topological polar surface area (TPSA) is 81.2 Å². The third kappa shape index (κ3) is 2.88. The maximum absolute atomic E-state index is 12.2. The lowest BCUT2D eigenvalue weighted by atomic mass is 10.0. The van der Waals surface area contributed by atoms with Crippen LogP contribution in [0.1, 0.15) is 22.6 Å². The van der Waals surface area contributed by atoms with Crippen LogP contribution in [-0.2, 0) is 20.0 Å². The Labute approximate surface area is 167 Å². The highest BCUT2D eigenvalue weighted by molar-refractivity contribution is 5.61. The molecule has 4 aromatic heterocycles. The van der Waals surface area contributed by atoms with Crippen LogP contribution >= 0.6 is 0 Å². The molecule has 29 heavy (non-hydrogen) atoms. The number of anilines is 1. The van der Waals surface area contributed by atoms with Crippen molar-refractivity contribution in [1.29, 1.82) is 0 Å². The van der Waals surface area contributed by atoms with E-state index in [1.54, 1.807) is 0 Å². The molecule has 0 bridgehead atoms. The van der Waals surface area contributed by atoms with Gasteiger partial charge in [0.05, 0.1) is 11.9 Å². The van der Waals surface area contributed by atoms with E-state index in [0.717, 1.165) is 47.1 Å². The fraction of sp³-hybridized carbons (Fsp3) is 0.286. The zero-order chi connectivity index (χ0) is 20.1. The quantitative estimate of drug-likeness (QED) is 0.524. The average Bonchev–Trinajstić information content (AvgIpc) is 3.05. The maximum Gasteiger partial charge on any atom is 0.274 e. The Hall–Kier alpha value is -3.55. The van der Waals surface area contributed by atoms with Crippen molar-refractivity contribution in [3.63, 3.8) is 0 Å². The lowest BCUT2D eigenvalue weighted by Crippen LogP contribution is -2.33. The lowest BCUT2D eigenvalue weighted by Gasteiger charge is -2.30. The Morgan fingerprint density at radius 1 is 1.07 bits per heavy atom. The average molecular weight is 387 g/mol. The molecule has 0 amide bonds. The second-order valence-electron chi connectivity index (χ2n) is 7.46. The van der Waals surface area contributed by atoms with Crippen molar-refractivity contribution in [2.24, 2.45) is 7.05 Å². The highest BCUT2D eigenvalue weighted by Crippen LogP contribution is 2.28. The summed E-state index contributed by atoms with van der Waals surface area (Å²) in [6, 6.07) is 5.53. The summed E-state index contributed by atoms with van der Waals surface area (Å²) in [4.78, 5) is 27.7. The van der Waals surface area contributed by atoms with Gasteiger partial charge in [-0.3, -0.25) is 9.78 Å². The third-order valence-corrected chi connectivity index (χ3v) is 5.60. The van der Waals surface area contributed by atoms with Gasteiger partial charge in [0.2, 0.25) is 0 Å². The second kappa shape index (κ2) is 6.51. The molecule has 146 valence electrons. The molecule has 5 rings (SSSR count). The summed E-state index contributed by atoms with van der Waals surface area (Å²) in [7, 11) is 2.01. The van der Waals surface area contributed by atoms with Crippen LogP contribution in [-0.4, -0.2) is 35.7 Å².